The normalized spacial score (nSPS) is 11.8. The molecule has 0 saturated carbocycles. The SMILES string of the molecule is FC(F)(F)c1cnn(-c2cccc(Br)n2)c1. The summed E-state index contributed by atoms with van der Waals surface area (Å²) in [4.78, 5) is 3.99. The highest BCUT2D eigenvalue weighted by Crippen LogP contribution is 2.28. The van der Waals surface area contributed by atoms with Gasteiger partial charge in [-0.3, -0.25) is 0 Å². The second kappa shape index (κ2) is 3.89. The van der Waals surface area contributed by atoms with Crippen LogP contribution in [0.15, 0.2) is 35.2 Å². The van der Waals surface area contributed by atoms with Crippen LogP contribution >= 0.6 is 15.9 Å². The van der Waals surface area contributed by atoms with Gasteiger partial charge < -0.3 is 0 Å². The number of hydrogen-bond acceptors (Lipinski definition) is 2. The molecule has 16 heavy (non-hydrogen) atoms. The Balaban J connectivity index is 2.39. The van der Waals surface area contributed by atoms with Gasteiger partial charge in [-0.2, -0.15) is 18.3 Å². The Morgan fingerprint density at radius 3 is 2.56 bits per heavy atom. The zero-order chi connectivity index (χ0) is 11.8. The van der Waals surface area contributed by atoms with Crippen molar-refractivity contribution in [1.82, 2.24) is 14.8 Å². The Bertz CT molecular complexity index is 507. The van der Waals surface area contributed by atoms with Crippen molar-refractivity contribution in [2.24, 2.45) is 0 Å². The van der Waals surface area contributed by atoms with Gasteiger partial charge in [-0.25, -0.2) is 9.67 Å². The van der Waals surface area contributed by atoms with E-state index in [2.05, 4.69) is 26.0 Å². The molecule has 2 heterocycles. The van der Waals surface area contributed by atoms with Crippen molar-refractivity contribution in [3.8, 4) is 5.82 Å². The highest BCUT2D eigenvalue weighted by molar-refractivity contribution is 9.10. The van der Waals surface area contributed by atoms with Crippen molar-refractivity contribution >= 4 is 15.9 Å². The number of rotatable bonds is 1. The smallest absolute Gasteiger partial charge is 0.222 e. The first-order valence-electron chi connectivity index (χ1n) is 4.21. The molecule has 84 valence electrons. The van der Waals surface area contributed by atoms with E-state index in [0.717, 1.165) is 17.1 Å². The quantitative estimate of drug-likeness (QED) is 0.756. The van der Waals surface area contributed by atoms with Crippen LogP contribution in [0.3, 0.4) is 0 Å². The Labute approximate surface area is 97.0 Å². The van der Waals surface area contributed by atoms with Crippen molar-refractivity contribution in [2.45, 2.75) is 6.18 Å². The molecule has 0 aliphatic rings. The van der Waals surface area contributed by atoms with Gasteiger partial charge in [0.2, 0.25) is 0 Å². The summed E-state index contributed by atoms with van der Waals surface area (Å²) in [7, 11) is 0. The minimum atomic E-state index is -4.38. The van der Waals surface area contributed by atoms with Crippen molar-refractivity contribution < 1.29 is 13.2 Å². The molecular weight excluding hydrogens is 287 g/mol. The van der Waals surface area contributed by atoms with Crippen molar-refractivity contribution in [1.29, 1.82) is 0 Å². The standard InChI is InChI=1S/C9H5BrF3N3/c10-7-2-1-3-8(15-7)16-5-6(4-14-16)9(11,12)13/h1-5H. The Morgan fingerprint density at radius 2 is 2.00 bits per heavy atom. The van der Waals surface area contributed by atoms with Gasteiger partial charge in [0.25, 0.3) is 0 Å². The van der Waals surface area contributed by atoms with Crippen molar-refractivity contribution in [3.05, 3.63) is 40.8 Å². The van der Waals surface area contributed by atoms with E-state index in [1.165, 1.54) is 0 Å². The molecule has 2 aromatic heterocycles. The average Bonchev–Trinajstić information content (AvgIpc) is 2.65. The molecule has 0 unspecified atom stereocenters. The van der Waals surface area contributed by atoms with Crippen molar-refractivity contribution in [3.63, 3.8) is 0 Å². The van der Waals surface area contributed by atoms with Crippen LogP contribution in [0.1, 0.15) is 5.56 Å². The molecular formula is C9H5BrF3N3. The monoisotopic (exact) mass is 291 g/mol. The van der Waals surface area contributed by atoms with Crippen LogP contribution < -0.4 is 0 Å². The lowest BCUT2D eigenvalue weighted by atomic mass is 10.3. The van der Waals surface area contributed by atoms with Crippen LogP contribution in [0.5, 0.6) is 0 Å². The second-order valence-corrected chi connectivity index (χ2v) is 3.80. The van der Waals surface area contributed by atoms with Crippen LogP contribution in [-0.4, -0.2) is 14.8 Å². The first-order chi connectivity index (χ1) is 7.47. The lowest BCUT2D eigenvalue weighted by Gasteiger charge is -2.01. The fraction of sp³-hybridized carbons (Fsp3) is 0.111. The average molecular weight is 292 g/mol. The predicted molar refractivity (Wildman–Crippen MR) is 54.1 cm³/mol. The van der Waals surface area contributed by atoms with E-state index in [1.807, 2.05) is 0 Å². The summed E-state index contributed by atoms with van der Waals surface area (Å²) in [6.07, 6.45) is -2.72. The van der Waals surface area contributed by atoms with E-state index in [-0.39, 0.29) is 0 Å². The maximum absolute atomic E-state index is 12.3. The number of halogens is 4. The molecule has 0 radical (unpaired) electrons. The number of hydrogen-bond donors (Lipinski definition) is 0. The molecule has 2 aromatic rings. The van der Waals surface area contributed by atoms with Crippen LogP contribution in [0, 0.1) is 0 Å². The first-order valence-corrected chi connectivity index (χ1v) is 5.01. The van der Waals surface area contributed by atoms with Crippen molar-refractivity contribution in [2.75, 3.05) is 0 Å². The number of pyridine rings is 1. The first kappa shape index (κ1) is 11.1. The minimum absolute atomic E-state index is 0.324. The third-order valence-electron chi connectivity index (χ3n) is 1.85. The molecule has 2 rings (SSSR count). The Hall–Kier alpha value is -1.37. The molecule has 3 nitrogen and oxygen atoms in total. The van der Waals surface area contributed by atoms with E-state index in [0.29, 0.717) is 10.4 Å². The van der Waals surface area contributed by atoms with E-state index in [9.17, 15) is 13.2 Å². The van der Waals surface area contributed by atoms with E-state index < -0.39 is 11.7 Å². The van der Waals surface area contributed by atoms with Gasteiger partial charge in [0.1, 0.15) is 4.60 Å². The van der Waals surface area contributed by atoms with Gasteiger partial charge >= 0.3 is 6.18 Å². The molecule has 0 aliphatic carbocycles. The summed E-state index contributed by atoms with van der Waals surface area (Å²) in [6.45, 7) is 0. The van der Waals surface area contributed by atoms with E-state index in [4.69, 9.17) is 0 Å². The number of nitrogens with zero attached hydrogens (tertiary/aromatic N) is 3. The van der Waals surface area contributed by atoms with Gasteiger partial charge in [0, 0.05) is 6.20 Å². The van der Waals surface area contributed by atoms with Gasteiger partial charge in [-0.15, -0.1) is 0 Å². The Morgan fingerprint density at radius 1 is 1.25 bits per heavy atom. The lowest BCUT2D eigenvalue weighted by Crippen LogP contribution is -2.03. The summed E-state index contributed by atoms with van der Waals surface area (Å²) in [6, 6.07) is 4.91. The molecule has 0 aliphatic heterocycles. The third-order valence-corrected chi connectivity index (χ3v) is 2.29. The molecule has 0 fully saturated rings. The zero-order valence-corrected chi connectivity index (χ0v) is 9.33. The van der Waals surface area contributed by atoms with Gasteiger partial charge in [0.05, 0.1) is 11.8 Å². The Kier molecular flexibility index (Phi) is 2.71. The number of aromatic nitrogens is 3. The highest BCUT2D eigenvalue weighted by Gasteiger charge is 2.32. The fourth-order valence-corrected chi connectivity index (χ4v) is 1.45. The minimum Gasteiger partial charge on any atom is -0.222 e. The summed E-state index contributed by atoms with van der Waals surface area (Å²) < 4.78 is 38.6. The molecule has 0 N–H and O–H groups in total. The van der Waals surface area contributed by atoms with Crippen LogP contribution in [0.4, 0.5) is 13.2 Å². The fourth-order valence-electron chi connectivity index (χ4n) is 1.12. The molecule has 0 spiro atoms. The summed E-state index contributed by atoms with van der Waals surface area (Å²) in [5, 5.41) is 3.61. The summed E-state index contributed by atoms with van der Waals surface area (Å²) in [5.41, 5.74) is -0.797. The predicted octanol–water partition coefficient (Wildman–Crippen LogP) is 3.05. The molecule has 7 heteroatoms. The molecule has 0 aromatic carbocycles. The lowest BCUT2D eigenvalue weighted by molar-refractivity contribution is -0.137. The highest BCUT2D eigenvalue weighted by atomic mass is 79.9. The number of alkyl halides is 3. The van der Waals surface area contributed by atoms with Crippen LogP contribution in [-0.2, 0) is 6.18 Å². The van der Waals surface area contributed by atoms with Gasteiger partial charge in [-0.05, 0) is 28.1 Å². The van der Waals surface area contributed by atoms with Gasteiger partial charge in [0.15, 0.2) is 5.82 Å². The molecule has 0 saturated heterocycles. The topological polar surface area (TPSA) is 30.7 Å². The van der Waals surface area contributed by atoms with Crippen LogP contribution in [0.2, 0.25) is 0 Å². The third kappa shape index (κ3) is 2.24. The maximum atomic E-state index is 12.3. The summed E-state index contributed by atoms with van der Waals surface area (Å²) in [5.74, 6) is 0.324. The summed E-state index contributed by atoms with van der Waals surface area (Å²) >= 11 is 3.13. The second-order valence-electron chi connectivity index (χ2n) is 2.99. The molecule has 0 atom stereocenters. The maximum Gasteiger partial charge on any atom is 0.419 e. The van der Waals surface area contributed by atoms with E-state index >= 15 is 0 Å². The largest absolute Gasteiger partial charge is 0.419 e. The van der Waals surface area contributed by atoms with Gasteiger partial charge in [-0.1, -0.05) is 6.07 Å². The molecule has 0 bridgehead atoms. The zero-order valence-electron chi connectivity index (χ0n) is 7.74. The van der Waals surface area contributed by atoms with Crippen LogP contribution in [0.25, 0.3) is 5.82 Å². The molecule has 0 amide bonds. The van der Waals surface area contributed by atoms with E-state index in [1.54, 1.807) is 18.2 Å².